The molecule has 3 aromatic rings. The molecule has 29 heavy (non-hydrogen) atoms. The Morgan fingerprint density at radius 2 is 1.79 bits per heavy atom. The van der Waals surface area contributed by atoms with E-state index in [1.54, 1.807) is 0 Å². The Morgan fingerprint density at radius 3 is 2.59 bits per heavy atom. The van der Waals surface area contributed by atoms with Crippen LogP contribution in [0.5, 0.6) is 0 Å². The summed E-state index contributed by atoms with van der Waals surface area (Å²) in [5, 5.41) is 6.26. The van der Waals surface area contributed by atoms with Crippen molar-refractivity contribution in [3.05, 3.63) is 83.4 Å². The maximum Gasteiger partial charge on any atom is 0.221 e. The molecule has 0 spiro atoms. The fourth-order valence-electron chi connectivity index (χ4n) is 4.71. The summed E-state index contributed by atoms with van der Waals surface area (Å²) < 4.78 is 0. The van der Waals surface area contributed by atoms with Crippen LogP contribution < -0.4 is 5.32 Å². The molecule has 4 rings (SSSR count). The summed E-state index contributed by atoms with van der Waals surface area (Å²) in [4.78, 5) is 11.0. The van der Waals surface area contributed by atoms with Gasteiger partial charge in [0.15, 0.2) is 0 Å². The lowest BCUT2D eigenvalue weighted by atomic mass is 9.95. The monoisotopic (exact) mass is 405 g/mol. The molecule has 1 fully saturated rings. The van der Waals surface area contributed by atoms with E-state index in [2.05, 4.69) is 79.0 Å². The van der Waals surface area contributed by atoms with Crippen LogP contribution in [-0.4, -0.2) is 11.3 Å². The minimum Gasteiger partial charge on any atom is -0.307 e. The van der Waals surface area contributed by atoms with Crippen LogP contribution in [0.15, 0.2) is 66.7 Å². The minimum absolute atomic E-state index is 0.265. The lowest BCUT2D eigenvalue weighted by Gasteiger charge is -2.21. The van der Waals surface area contributed by atoms with E-state index in [-0.39, 0.29) is 5.24 Å². The van der Waals surface area contributed by atoms with Crippen molar-refractivity contribution in [1.29, 1.82) is 0 Å². The predicted octanol–water partition coefficient (Wildman–Crippen LogP) is 6.52. The molecule has 150 valence electrons. The van der Waals surface area contributed by atoms with Gasteiger partial charge in [-0.3, -0.25) is 4.79 Å². The predicted molar refractivity (Wildman–Crippen MR) is 122 cm³/mol. The smallest absolute Gasteiger partial charge is 0.221 e. The molecule has 3 atom stereocenters. The molecule has 2 nitrogen and oxygen atoms in total. The van der Waals surface area contributed by atoms with Gasteiger partial charge in [-0.15, -0.1) is 0 Å². The first-order chi connectivity index (χ1) is 14.1. The Labute approximate surface area is 178 Å². The second-order valence-electron chi connectivity index (χ2n) is 8.26. The molecule has 0 aromatic heterocycles. The maximum atomic E-state index is 11.0. The largest absolute Gasteiger partial charge is 0.307 e. The van der Waals surface area contributed by atoms with Crippen LogP contribution >= 0.6 is 11.6 Å². The molecule has 3 heteroatoms. The minimum atomic E-state index is -0.265. The number of carbonyl (C=O) groups is 1. The molecule has 0 bridgehead atoms. The number of fused-ring (bicyclic) bond motifs is 1. The van der Waals surface area contributed by atoms with E-state index in [0.717, 1.165) is 6.42 Å². The third-order valence-electron chi connectivity index (χ3n) is 6.27. The molecule has 0 heterocycles. The fraction of sp³-hybridized carbons (Fsp3) is 0.346. The van der Waals surface area contributed by atoms with Crippen LogP contribution in [0, 0.1) is 0 Å². The third kappa shape index (κ3) is 4.88. The molecule has 3 aromatic carbocycles. The van der Waals surface area contributed by atoms with E-state index in [4.69, 9.17) is 11.6 Å². The van der Waals surface area contributed by atoms with Gasteiger partial charge < -0.3 is 5.32 Å². The van der Waals surface area contributed by atoms with Crippen molar-refractivity contribution < 1.29 is 4.79 Å². The number of aryl methyl sites for hydroxylation is 1. The van der Waals surface area contributed by atoms with Gasteiger partial charge in [0.05, 0.1) is 0 Å². The van der Waals surface area contributed by atoms with E-state index >= 15 is 0 Å². The van der Waals surface area contributed by atoms with Gasteiger partial charge in [-0.2, -0.15) is 0 Å². The summed E-state index contributed by atoms with van der Waals surface area (Å²) in [6.45, 7) is 2.28. The van der Waals surface area contributed by atoms with Gasteiger partial charge >= 0.3 is 0 Å². The van der Waals surface area contributed by atoms with Crippen molar-refractivity contribution in [3.8, 4) is 0 Å². The Kier molecular flexibility index (Phi) is 6.32. The molecule has 0 unspecified atom stereocenters. The first kappa shape index (κ1) is 20.1. The highest BCUT2D eigenvalue weighted by molar-refractivity contribution is 6.63. The van der Waals surface area contributed by atoms with Gasteiger partial charge in [-0.05, 0) is 77.6 Å². The number of hydrogen-bond acceptors (Lipinski definition) is 2. The van der Waals surface area contributed by atoms with Crippen LogP contribution in [0.2, 0.25) is 0 Å². The molecule has 0 amide bonds. The highest BCUT2D eigenvalue weighted by Crippen LogP contribution is 2.36. The van der Waals surface area contributed by atoms with Crippen LogP contribution in [0.4, 0.5) is 0 Å². The quantitative estimate of drug-likeness (QED) is 0.453. The second kappa shape index (κ2) is 9.11. The van der Waals surface area contributed by atoms with E-state index in [1.165, 1.54) is 46.7 Å². The van der Waals surface area contributed by atoms with Gasteiger partial charge in [0.1, 0.15) is 0 Å². The number of carbonyl (C=O) groups excluding carboxylic acids is 1. The SMILES string of the molecule is C[C@@H](N[C@H]1CC[C@H](c2ccc(CCC(=O)Cl)cc2)C1)c1cccc2ccccc12. The Bertz CT molecular complexity index is 976. The van der Waals surface area contributed by atoms with Crippen molar-refractivity contribution in [3.63, 3.8) is 0 Å². The van der Waals surface area contributed by atoms with Crippen LogP contribution in [0.3, 0.4) is 0 Å². The summed E-state index contributed by atoms with van der Waals surface area (Å²) in [5.74, 6) is 0.607. The van der Waals surface area contributed by atoms with Crippen molar-refractivity contribution in [2.45, 2.75) is 57.0 Å². The topological polar surface area (TPSA) is 29.1 Å². The lowest BCUT2D eigenvalue weighted by Crippen LogP contribution is -2.29. The molecule has 0 radical (unpaired) electrons. The zero-order chi connectivity index (χ0) is 20.2. The van der Waals surface area contributed by atoms with Gasteiger partial charge in [0.25, 0.3) is 0 Å². The molecule has 1 saturated carbocycles. The van der Waals surface area contributed by atoms with Gasteiger partial charge in [0.2, 0.25) is 5.24 Å². The second-order valence-corrected chi connectivity index (χ2v) is 8.68. The van der Waals surface area contributed by atoms with Crippen LogP contribution in [0.25, 0.3) is 10.8 Å². The molecule has 1 aliphatic rings. The molecular formula is C26H28ClNO. The Hall–Kier alpha value is -2.16. The summed E-state index contributed by atoms with van der Waals surface area (Å²) in [7, 11) is 0. The lowest BCUT2D eigenvalue weighted by molar-refractivity contribution is -0.111. The number of benzene rings is 3. The van der Waals surface area contributed by atoms with Crippen molar-refractivity contribution in [2.24, 2.45) is 0 Å². The number of halogens is 1. The van der Waals surface area contributed by atoms with Crippen molar-refractivity contribution in [2.75, 3.05) is 0 Å². The number of hydrogen-bond donors (Lipinski definition) is 1. The first-order valence-electron chi connectivity index (χ1n) is 10.6. The molecular weight excluding hydrogens is 378 g/mol. The highest BCUT2D eigenvalue weighted by Gasteiger charge is 2.27. The van der Waals surface area contributed by atoms with Crippen LogP contribution in [-0.2, 0) is 11.2 Å². The Morgan fingerprint density at radius 1 is 1.03 bits per heavy atom. The summed E-state index contributed by atoms with van der Waals surface area (Å²) in [6, 6.07) is 24.9. The molecule has 1 N–H and O–H groups in total. The van der Waals surface area contributed by atoms with E-state index in [1.807, 2.05) is 0 Å². The van der Waals surface area contributed by atoms with Gasteiger partial charge in [-0.1, -0.05) is 66.7 Å². The van der Waals surface area contributed by atoms with Gasteiger partial charge in [-0.25, -0.2) is 0 Å². The third-order valence-corrected chi connectivity index (χ3v) is 6.46. The number of rotatable bonds is 7. The molecule has 0 saturated heterocycles. The van der Waals surface area contributed by atoms with E-state index in [0.29, 0.717) is 24.4 Å². The average Bonchev–Trinajstić information content (AvgIpc) is 3.20. The zero-order valence-corrected chi connectivity index (χ0v) is 17.7. The molecule has 0 aliphatic heterocycles. The fourth-order valence-corrected chi connectivity index (χ4v) is 4.80. The zero-order valence-electron chi connectivity index (χ0n) is 16.9. The van der Waals surface area contributed by atoms with Crippen LogP contribution in [0.1, 0.15) is 61.3 Å². The van der Waals surface area contributed by atoms with E-state index in [9.17, 15) is 4.79 Å². The summed E-state index contributed by atoms with van der Waals surface area (Å²) in [5.41, 5.74) is 3.97. The van der Waals surface area contributed by atoms with Crippen molar-refractivity contribution in [1.82, 2.24) is 5.32 Å². The Balaban J connectivity index is 1.38. The summed E-state index contributed by atoms with van der Waals surface area (Å²) in [6.07, 6.45) is 4.73. The first-order valence-corrected chi connectivity index (χ1v) is 11.0. The van der Waals surface area contributed by atoms with Gasteiger partial charge in [0, 0.05) is 18.5 Å². The summed E-state index contributed by atoms with van der Waals surface area (Å²) >= 11 is 5.45. The van der Waals surface area contributed by atoms with Crippen molar-refractivity contribution >= 4 is 27.6 Å². The normalized spacial score (nSPS) is 20.1. The highest BCUT2D eigenvalue weighted by atomic mass is 35.5. The number of nitrogens with one attached hydrogen (secondary N) is 1. The molecule has 1 aliphatic carbocycles. The standard InChI is InChI=1S/C26H28ClNO/c1-18(24-8-4-6-21-5-2-3-7-25(21)24)28-23-15-14-22(17-23)20-12-9-19(10-13-20)11-16-26(27)29/h2-10,12-13,18,22-23,28H,11,14-17H2,1H3/t18-,22+,23+/m1/s1. The average molecular weight is 406 g/mol. The van der Waals surface area contributed by atoms with E-state index < -0.39 is 0 Å². The maximum absolute atomic E-state index is 11.0.